The standard InChI is InChI=1S/C16H21ClN2OS/c1-4-11(2)15-14(10-20)21-16(18-15)19(3)9-12-6-5-7-13(17)8-12/h5-8,11,20H,4,9-10H2,1-3H3. The lowest BCUT2D eigenvalue weighted by atomic mass is 10.0. The summed E-state index contributed by atoms with van der Waals surface area (Å²) in [5.41, 5.74) is 2.17. The zero-order valence-electron chi connectivity index (χ0n) is 12.6. The molecular formula is C16H21ClN2OS. The minimum atomic E-state index is 0.0579. The van der Waals surface area contributed by atoms with E-state index in [1.54, 1.807) is 11.3 Å². The van der Waals surface area contributed by atoms with E-state index in [-0.39, 0.29) is 6.61 Å². The normalized spacial score (nSPS) is 12.4. The Morgan fingerprint density at radius 1 is 1.43 bits per heavy atom. The Kier molecular flexibility index (Phi) is 5.62. The number of thiazole rings is 1. The van der Waals surface area contributed by atoms with Crippen LogP contribution in [-0.4, -0.2) is 17.1 Å². The lowest BCUT2D eigenvalue weighted by molar-refractivity contribution is 0.283. The molecule has 0 aliphatic rings. The second-order valence-corrected chi connectivity index (χ2v) is 6.76. The molecular weight excluding hydrogens is 304 g/mol. The minimum Gasteiger partial charge on any atom is -0.391 e. The van der Waals surface area contributed by atoms with Crippen molar-refractivity contribution >= 4 is 28.1 Å². The first-order valence-corrected chi connectivity index (χ1v) is 8.30. The van der Waals surface area contributed by atoms with Gasteiger partial charge in [-0.05, 0) is 30.0 Å². The highest BCUT2D eigenvalue weighted by atomic mass is 35.5. The van der Waals surface area contributed by atoms with Gasteiger partial charge in [0.1, 0.15) is 0 Å². The second-order valence-electron chi connectivity index (χ2n) is 5.26. The van der Waals surface area contributed by atoms with Gasteiger partial charge in [0.25, 0.3) is 0 Å². The lowest BCUT2D eigenvalue weighted by Gasteiger charge is -2.16. The molecule has 114 valence electrons. The van der Waals surface area contributed by atoms with Crippen molar-refractivity contribution in [2.45, 2.75) is 39.3 Å². The van der Waals surface area contributed by atoms with Crippen LogP contribution in [0, 0.1) is 0 Å². The number of hydrogen-bond acceptors (Lipinski definition) is 4. The zero-order chi connectivity index (χ0) is 15.4. The van der Waals surface area contributed by atoms with E-state index in [9.17, 15) is 5.11 Å². The van der Waals surface area contributed by atoms with Gasteiger partial charge in [-0.1, -0.05) is 48.9 Å². The number of rotatable bonds is 6. The van der Waals surface area contributed by atoms with Crippen molar-refractivity contribution in [3.8, 4) is 0 Å². The van der Waals surface area contributed by atoms with Crippen molar-refractivity contribution in [1.82, 2.24) is 4.98 Å². The first-order valence-electron chi connectivity index (χ1n) is 7.11. The van der Waals surface area contributed by atoms with Crippen molar-refractivity contribution in [2.75, 3.05) is 11.9 Å². The topological polar surface area (TPSA) is 36.4 Å². The van der Waals surface area contributed by atoms with Crippen molar-refractivity contribution in [2.24, 2.45) is 0 Å². The van der Waals surface area contributed by atoms with Gasteiger partial charge in [-0.3, -0.25) is 0 Å². The summed E-state index contributed by atoms with van der Waals surface area (Å²) >= 11 is 7.59. The highest BCUT2D eigenvalue weighted by molar-refractivity contribution is 7.15. The predicted molar refractivity (Wildman–Crippen MR) is 90.3 cm³/mol. The zero-order valence-corrected chi connectivity index (χ0v) is 14.2. The molecule has 0 aliphatic heterocycles. The maximum absolute atomic E-state index is 9.52. The fourth-order valence-electron chi connectivity index (χ4n) is 2.18. The van der Waals surface area contributed by atoms with Crippen molar-refractivity contribution in [3.63, 3.8) is 0 Å². The summed E-state index contributed by atoms with van der Waals surface area (Å²) in [5, 5.41) is 11.2. The van der Waals surface area contributed by atoms with Gasteiger partial charge in [0.15, 0.2) is 5.13 Å². The van der Waals surface area contributed by atoms with Crippen LogP contribution in [0.4, 0.5) is 5.13 Å². The first kappa shape index (κ1) is 16.3. The summed E-state index contributed by atoms with van der Waals surface area (Å²) in [4.78, 5) is 7.79. The largest absolute Gasteiger partial charge is 0.391 e. The van der Waals surface area contributed by atoms with E-state index in [4.69, 9.17) is 16.6 Å². The fourth-order valence-corrected chi connectivity index (χ4v) is 3.40. The third kappa shape index (κ3) is 3.96. The quantitative estimate of drug-likeness (QED) is 0.853. The van der Waals surface area contributed by atoms with Crippen LogP contribution in [-0.2, 0) is 13.2 Å². The van der Waals surface area contributed by atoms with E-state index in [1.807, 2.05) is 25.2 Å². The van der Waals surface area contributed by atoms with Crippen molar-refractivity contribution < 1.29 is 5.11 Å². The Morgan fingerprint density at radius 2 is 2.19 bits per heavy atom. The molecule has 1 heterocycles. The van der Waals surface area contributed by atoms with Crippen LogP contribution in [0.1, 0.15) is 42.3 Å². The molecule has 1 aromatic heterocycles. The molecule has 1 aromatic carbocycles. The Hall–Kier alpha value is -1.10. The van der Waals surface area contributed by atoms with Crippen LogP contribution in [0.3, 0.4) is 0 Å². The number of aliphatic hydroxyl groups excluding tert-OH is 1. The summed E-state index contributed by atoms with van der Waals surface area (Å²) in [6.45, 7) is 5.09. The number of anilines is 1. The van der Waals surface area contributed by atoms with E-state index < -0.39 is 0 Å². The molecule has 3 nitrogen and oxygen atoms in total. The molecule has 0 saturated heterocycles. The van der Waals surface area contributed by atoms with Crippen LogP contribution in [0.2, 0.25) is 5.02 Å². The van der Waals surface area contributed by atoms with Crippen LogP contribution in [0.15, 0.2) is 24.3 Å². The van der Waals surface area contributed by atoms with Crippen LogP contribution < -0.4 is 4.90 Å². The minimum absolute atomic E-state index is 0.0579. The molecule has 0 fully saturated rings. The summed E-state index contributed by atoms with van der Waals surface area (Å²) in [6.07, 6.45) is 1.02. The third-order valence-electron chi connectivity index (χ3n) is 3.57. The van der Waals surface area contributed by atoms with E-state index in [0.717, 1.165) is 39.3 Å². The Balaban J connectivity index is 2.19. The average Bonchev–Trinajstić information content (AvgIpc) is 2.90. The number of hydrogen-bond donors (Lipinski definition) is 1. The summed E-state index contributed by atoms with van der Waals surface area (Å²) in [5.74, 6) is 0.372. The van der Waals surface area contributed by atoms with Gasteiger partial charge >= 0.3 is 0 Å². The number of benzene rings is 1. The Bertz CT molecular complexity index is 600. The van der Waals surface area contributed by atoms with Gasteiger partial charge in [0.05, 0.1) is 17.2 Å². The van der Waals surface area contributed by atoms with Crippen molar-refractivity contribution in [1.29, 1.82) is 0 Å². The average molecular weight is 325 g/mol. The molecule has 1 unspecified atom stereocenters. The molecule has 0 bridgehead atoms. The number of aromatic nitrogens is 1. The predicted octanol–water partition coefficient (Wildman–Crippen LogP) is 4.44. The smallest absolute Gasteiger partial charge is 0.185 e. The molecule has 0 radical (unpaired) electrons. The number of aliphatic hydroxyl groups is 1. The molecule has 1 atom stereocenters. The molecule has 2 aromatic rings. The van der Waals surface area contributed by atoms with Crippen LogP contribution in [0.25, 0.3) is 0 Å². The third-order valence-corrected chi connectivity index (χ3v) is 4.98. The van der Waals surface area contributed by atoms with Gasteiger partial charge in [-0.2, -0.15) is 0 Å². The van der Waals surface area contributed by atoms with Gasteiger partial charge in [0, 0.05) is 18.6 Å². The highest BCUT2D eigenvalue weighted by Gasteiger charge is 2.17. The monoisotopic (exact) mass is 324 g/mol. The molecule has 2 rings (SSSR count). The lowest BCUT2D eigenvalue weighted by Crippen LogP contribution is -2.16. The SMILES string of the molecule is CCC(C)c1nc(N(C)Cc2cccc(Cl)c2)sc1CO. The second kappa shape index (κ2) is 7.25. The molecule has 0 saturated carbocycles. The van der Waals surface area contributed by atoms with Gasteiger partial charge in [0.2, 0.25) is 0 Å². The summed E-state index contributed by atoms with van der Waals surface area (Å²) in [6, 6.07) is 7.85. The molecule has 0 amide bonds. The van der Waals surface area contributed by atoms with E-state index >= 15 is 0 Å². The summed E-state index contributed by atoms with van der Waals surface area (Å²) in [7, 11) is 2.02. The number of nitrogens with zero attached hydrogens (tertiary/aromatic N) is 2. The molecule has 0 spiro atoms. The van der Waals surface area contributed by atoms with E-state index in [1.165, 1.54) is 0 Å². The first-order chi connectivity index (χ1) is 10.0. The van der Waals surface area contributed by atoms with Gasteiger partial charge in [-0.15, -0.1) is 0 Å². The fraction of sp³-hybridized carbons (Fsp3) is 0.438. The Labute approximate surface area is 135 Å². The van der Waals surface area contributed by atoms with Gasteiger partial charge in [-0.25, -0.2) is 4.98 Å². The molecule has 21 heavy (non-hydrogen) atoms. The van der Waals surface area contributed by atoms with Crippen LogP contribution >= 0.6 is 22.9 Å². The van der Waals surface area contributed by atoms with E-state index in [0.29, 0.717) is 5.92 Å². The number of halogens is 1. The molecule has 0 aliphatic carbocycles. The van der Waals surface area contributed by atoms with Crippen molar-refractivity contribution in [3.05, 3.63) is 45.4 Å². The molecule has 1 N–H and O–H groups in total. The summed E-state index contributed by atoms with van der Waals surface area (Å²) < 4.78 is 0. The highest BCUT2D eigenvalue weighted by Crippen LogP contribution is 2.32. The molecule has 5 heteroatoms. The Morgan fingerprint density at radius 3 is 2.81 bits per heavy atom. The maximum atomic E-state index is 9.52. The van der Waals surface area contributed by atoms with Gasteiger partial charge < -0.3 is 10.0 Å². The van der Waals surface area contributed by atoms with E-state index in [2.05, 4.69) is 24.8 Å². The maximum Gasteiger partial charge on any atom is 0.185 e. The van der Waals surface area contributed by atoms with Crippen LogP contribution in [0.5, 0.6) is 0 Å².